The zero-order valence-corrected chi connectivity index (χ0v) is 11.4. The molecule has 0 fully saturated rings. The number of rotatable bonds is 6. The first kappa shape index (κ1) is 14.5. The SMILES string of the molecule is C/C=C/CCNC(C)C(=O)Nc1ccc(C)cc1. The van der Waals surface area contributed by atoms with Crippen LogP contribution in [0.3, 0.4) is 0 Å². The van der Waals surface area contributed by atoms with Crippen LogP contribution >= 0.6 is 0 Å². The summed E-state index contributed by atoms with van der Waals surface area (Å²) in [4.78, 5) is 11.9. The predicted molar refractivity (Wildman–Crippen MR) is 76.7 cm³/mol. The third-order valence-corrected chi connectivity index (χ3v) is 2.71. The molecule has 1 rings (SSSR count). The largest absolute Gasteiger partial charge is 0.325 e. The van der Waals surface area contributed by atoms with Crippen LogP contribution in [0.1, 0.15) is 25.8 Å². The van der Waals surface area contributed by atoms with Gasteiger partial charge >= 0.3 is 0 Å². The third-order valence-electron chi connectivity index (χ3n) is 2.71. The molecule has 1 amide bonds. The molecule has 0 saturated heterocycles. The standard InChI is InChI=1S/C15H22N2O/c1-4-5-6-11-16-13(3)15(18)17-14-9-7-12(2)8-10-14/h4-5,7-10,13,16H,6,11H2,1-3H3,(H,17,18)/b5-4+. The Balaban J connectivity index is 2.37. The van der Waals surface area contributed by atoms with Gasteiger partial charge in [0.05, 0.1) is 6.04 Å². The number of hydrogen-bond donors (Lipinski definition) is 2. The second-order valence-corrected chi connectivity index (χ2v) is 4.39. The first-order chi connectivity index (χ1) is 8.63. The molecule has 0 bridgehead atoms. The zero-order chi connectivity index (χ0) is 13.4. The average molecular weight is 246 g/mol. The monoisotopic (exact) mass is 246 g/mol. The van der Waals surface area contributed by atoms with E-state index >= 15 is 0 Å². The summed E-state index contributed by atoms with van der Waals surface area (Å²) in [7, 11) is 0. The lowest BCUT2D eigenvalue weighted by Gasteiger charge is -2.13. The molecule has 0 spiro atoms. The Hall–Kier alpha value is -1.61. The molecule has 1 unspecified atom stereocenters. The van der Waals surface area contributed by atoms with Gasteiger partial charge in [-0.3, -0.25) is 4.79 Å². The van der Waals surface area contributed by atoms with Crippen LogP contribution in [0.25, 0.3) is 0 Å². The number of aryl methyl sites for hydroxylation is 1. The molecule has 1 atom stereocenters. The number of carbonyl (C=O) groups is 1. The summed E-state index contributed by atoms with van der Waals surface area (Å²) in [6, 6.07) is 7.62. The van der Waals surface area contributed by atoms with Crippen molar-refractivity contribution in [2.24, 2.45) is 0 Å². The molecule has 0 aliphatic rings. The average Bonchev–Trinajstić information content (AvgIpc) is 2.37. The maximum atomic E-state index is 11.9. The van der Waals surface area contributed by atoms with Gasteiger partial charge in [-0.25, -0.2) is 0 Å². The van der Waals surface area contributed by atoms with Gasteiger partial charge in [0.2, 0.25) is 5.91 Å². The van der Waals surface area contributed by atoms with Crippen LogP contribution in [0.15, 0.2) is 36.4 Å². The Kier molecular flexibility index (Phi) is 6.15. The number of benzene rings is 1. The van der Waals surface area contributed by atoms with E-state index in [-0.39, 0.29) is 11.9 Å². The second kappa shape index (κ2) is 7.67. The lowest BCUT2D eigenvalue weighted by Crippen LogP contribution is -2.38. The summed E-state index contributed by atoms with van der Waals surface area (Å²) in [5.74, 6) is -0.000619. The lowest BCUT2D eigenvalue weighted by atomic mass is 10.2. The van der Waals surface area contributed by atoms with E-state index in [1.165, 1.54) is 5.56 Å². The fraction of sp³-hybridized carbons (Fsp3) is 0.400. The molecule has 0 heterocycles. The molecular formula is C15H22N2O. The van der Waals surface area contributed by atoms with Crippen molar-refractivity contribution in [2.45, 2.75) is 33.2 Å². The first-order valence-corrected chi connectivity index (χ1v) is 6.35. The van der Waals surface area contributed by atoms with E-state index in [0.717, 1.165) is 18.7 Å². The Morgan fingerprint density at radius 1 is 1.33 bits per heavy atom. The number of hydrogen-bond acceptors (Lipinski definition) is 2. The van der Waals surface area contributed by atoms with E-state index in [1.54, 1.807) is 0 Å². The topological polar surface area (TPSA) is 41.1 Å². The predicted octanol–water partition coefficient (Wildman–Crippen LogP) is 2.88. The number of anilines is 1. The molecule has 3 nitrogen and oxygen atoms in total. The van der Waals surface area contributed by atoms with Crippen LogP contribution < -0.4 is 10.6 Å². The number of amides is 1. The summed E-state index contributed by atoms with van der Waals surface area (Å²) in [6.45, 7) is 6.70. The Morgan fingerprint density at radius 2 is 2.00 bits per heavy atom. The van der Waals surface area contributed by atoms with E-state index in [9.17, 15) is 4.79 Å². The minimum Gasteiger partial charge on any atom is -0.325 e. The highest BCUT2D eigenvalue weighted by molar-refractivity contribution is 5.94. The molecule has 3 heteroatoms. The molecule has 98 valence electrons. The van der Waals surface area contributed by atoms with Crippen molar-refractivity contribution < 1.29 is 4.79 Å². The Morgan fingerprint density at radius 3 is 2.61 bits per heavy atom. The number of carbonyl (C=O) groups excluding carboxylic acids is 1. The lowest BCUT2D eigenvalue weighted by molar-refractivity contribution is -0.117. The van der Waals surface area contributed by atoms with Crippen LogP contribution in [-0.4, -0.2) is 18.5 Å². The minimum atomic E-state index is -0.184. The first-order valence-electron chi connectivity index (χ1n) is 6.35. The van der Waals surface area contributed by atoms with Gasteiger partial charge in [0.15, 0.2) is 0 Å². The fourth-order valence-corrected chi connectivity index (χ4v) is 1.53. The highest BCUT2D eigenvalue weighted by atomic mass is 16.2. The smallest absolute Gasteiger partial charge is 0.241 e. The molecule has 18 heavy (non-hydrogen) atoms. The number of nitrogens with one attached hydrogen (secondary N) is 2. The Labute approximate surface area is 109 Å². The van der Waals surface area contributed by atoms with Crippen molar-refractivity contribution in [3.05, 3.63) is 42.0 Å². The van der Waals surface area contributed by atoms with Gasteiger partial charge in [0, 0.05) is 5.69 Å². The van der Waals surface area contributed by atoms with Crippen molar-refractivity contribution >= 4 is 11.6 Å². The second-order valence-electron chi connectivity index (χ2n) is 4.39. The van der Waals surface area contributed by atoms with E-state index in [0.29, 0.717) is 0 Å². The molecule has 0 aliphatic heterocycles. The summed E-state index contributed by atoms with van der Waals surface area (Å²) in [6.07, 6.45) is 5.04. The van der Waals surface area contributed by atoms with Crippen LogP contribution in [-0.2, 0) is 4.79 Å². The van der Waals surface area contributed by atoms with Crippen LogP contribution in [0, 0.1) is 6.92 Å². The fourth-order valence-electron chi connectivity index (χ4n) is 1.53. The molecular weight excluding hydrogens is 224 g/mol. The van der Waals surface area contributed by atoms with Crippen molar-refractivity contribution in [2.75, 3.05) is 11.9 Å². The van der Waals surface area contributed by atoms with E-state index in [1.807, 2.05) is 51.1 Å². The van der Waals surface area contributed by atoms with Gasteiger partial charge in [-0.05, 0) is 45.9 Å². The Bertz CT molecular complexity index is 395. The van der Waals surface area contributed by atoms with E-state index in [4.69, 9.17) is 0 Å². The highest BCUT2D eigenvalue weighted by Crippen LogP contribution is 2.08. The van der Waals surface area contributed by atoms with Gasteiger partial charge < -0.3 is 10.6 Å². The van der Waals surface area contributed by atoms with Gasteiger partial charge in [-0.15, -0.1) is 0 Å². The molecule has 0 aliphatic carbocycles. The molecule has 0 saturated carbocycles. The number of allylic oxidation sites excluding steroid dienone is 1. The molecule has 0 aromatic heterocycles. The van der Waals surface area contributed by atoms with Gasteiger partial charge in [-0.1, -0.05) is 29.8 Å². The molecule has 2 N–H and O–H groups in total. The van der Waals surface area contributed by atoms with Crippen molar-refractivity contribution in [1.82, 2.24) is 5.32 Å². The maximum absolute atomic E-state index is 11.9. The van der Waals surface area contributed by atoms with Crippen molar-refractivity contribution in [1.29, 1.82) is 0 Å². The van der Waals surface area contributed by atoms with E-state index < -0.39 is 0 Å². The summed E-state index contributed by atoms with van der Waals surface area (Å²) < 4.78 is 0. The van der Waals surface area contributed by atoms with Crippen LogP contribution in [0.4, 0.5) is 5.69 Å². The molecule has 0 radical (unpaired) electrons. The van der Waals surface area contributed by atoms with Gasteiger partial charge in [0.1, 0.15) is 0 Å². The van der Waals surface area contributed by atoms with Crippen molar-refractivity contribution in [3.8, 4) is 0 Å². The summed E-state index contributed by atoms with van der Waals surface area (Å²) in [5, 5.41) is 6.08. The molecule has 1 aromatic rings. The van der Waals surface area contributed by atoms with Gasteiger partial charge in [-0.2, -0.15) is 0 Å². The molecule has 1 aromatic carbocycles. The van der Waals surface area contributed by atoms with E-state index in [2.05, 4.69) is 16.7 Å². The normalized spacial score (nSPS) is 12.6. The third kappa shape index (κ3) is 5.15. The maximum Gasteiger partial charge on any atom is 0.241 e. The highest BCUT2D eigenvalue weighted by Gasteiger charge is 2.11. The zero-order valence-electron chi connectivity index (χ0n) is 11.4. The van der Waals surface area contributed by atoms with Crippen LogP contribution in [0.2, 0.25) is 0 Å². The van der Waals surface area contributed by atoms with Crippen LogP contribution in [0.5, 0.6) is 0 Å². The summed E-state index contributed by atoms with van der Waals surface area (Å²) in [5.41, 5.74) is 2.03. The quantitative estimate of drug-likeness (QED) is 0.598. The summed E-state index contributed by atoms with van der Waals surface area (Å²) >= 11 is 0. The van der Waals surface area contributed by atoms with Crippen molar-refractivity contribution in [3.63, 3.8) is 0 Å². The minimum absolute atomic E-state index is 0.000619. The van der Waals surface area contributed by atoms with Gasteiger partial charge in [0.25, 0.3) is 0 Å².